The minimum atomic E-state index is 1.04. The van der Waals surface area contributed by atoms with Gasteiger partial charge in [0.15, 0.2) is 0 Å². The summed E-state index contributed by atoms with van der Waals surface area (Å²) in [6, 6.07) is 39.7. The van der Waals surface area contributed by atoms with E-state index in [1.165, 1.54) is 68.8 Å². The van der Waals surface area contributed by atoms with Crippen molar-refractivity contribution in [3.63, 3.8) is 0 Å². The zero-order chi connectivity index (χ0) is 22.9. The van der Waals surface area contributed by atoms with Crippen molar-refractivity contribution in [3.05, 3.63) is 115 Å². The van der Waals surface area contributed by atoms with E-state index in [2.05, 4.69) is 109 Å². The van der Waals surface area contributed by atoms with Gasteiger partial charge in [-0.3, -0.25) is 4.98 Å². The number of benzene rings is 6. The first kappa shape index (κ1) is 19.1. The summed E-state index contributed by atoms with van der Waals surface area (Å²) in [5.74, 6) is 0. The molecule has 0 atom stereocenters. The molecule has 0 amide bonds. The van der Waals surface area contributed by atoms with Gasteiger partial charge in [-0.25, -0.2) is 0 Å². The molecular weight excluding hydrogens is 442 g/mol. The lowest BCUT2D eigenvalue weighted by molar-refractivity contribution is 1.36. The Morgan fingerprint density at radius 2 is 1.09 bits per heavy atom. The van der Waals surface area contributed by atoms with Crippen LogP contribution in [0.1, 0.15) is 0 Å². The molecule has 2 heteroatoms. The minimum Gasteiger partial charge on any atom is -0.256 e. The molecule has 0 saturated carbocycles. The number of thiophene rings is 1. The SMILES string of the molecule is c1ccc2c(c1)ccc1c3ccnc(-c4ccc5c(c4)sc4c6ccccc6ccc54)c3ccc21. The number of aromatic nitrogens is 1. The van der Waals surface area contributed by atoms with Gasteiger partial charge in [0.2, 0.25) is 0 Å². The van der Waals surface area contributed by atoms with Gasteiger partial charge in [-0.05, 0) is 49.8 Å². The van der Waals surface area contributed by atoms with E-state index in [1.54, 1.807) is 0 Å². The van der Waals surface area contributed by atoms with Gasteiger partial charge in [-0.1, -0.05) is 97.1 Å². The Bertz CT molecular complexity index is 2120. The van der Waals surface area contributed by atoms with Crippen molar-refractivity contribution in [2.45, 2.75) is 0 Å². The average Bonchev–Trinajstić information content (AvgIpc) is 3.31. The van der Waals surface area contributed by atoms with Crippen LogP contribution in [0.3, 0.4) is 0 Å². The van der Waals surface area contributed by atoms with Gasteiger partial charge >= 0.3 is 0 Å². The first-order chi connectivity index (χ1) is 17.3. The summed E-state index contributed by atoms with van der Waals surface area (Å²) in [4.78, 5) is 4.86. The molecule has 2 heterocycles. The fraction of sp³-hybridized carbons (Fsp3) is 0. The van der Waals surface area contributed by atoms with Crippen LogP contribution in [0.15, 0.2) is 115 Å². The molecule has 0 bridgehead atoms. The molecule has 2 aromatic heterocycles. The number of pyridine rings is 1. The molecular formula is C33H19NS. The lowest BCUT2D eigenvalue weighted by Gasteiger charge is -2.11. The summed E-state index contributed by atoms with van der Waals surface area (Å²) < 4.78 is 2.67. The highest BCUT2D eigenvalue weighted by atomic mass is 32.1. The predicted octanol–water partition coefficient (Wildman–Crippen LogP) is 9.73. The van der Waals surface area contributed by atoms with Gasteiger partial charge in [0.1, 0.15) is 0 Å². The molecule has 8 rings (SSSR count). The highest BCUT2D eigenvalue weighted by Gasteiger charge is 2.13. The lowest BCUT2D eigenvalue weighted by atomic mass is 9.95. The zero-order valence-electron chi connectivity index (χ0n) is 18.8. The summed E-state index contributed by atoms with van der Waals surface area (Å²) in [5.41, 5.74) is 2.21. The van der Waals surface area contributed by atoms with E-state index in [1.807, 2.05) is 17.5 Å². The van der Waals surface area contributed by atoms with Crippen LogP contribution in [0.5, 0.6) is 0 Å². The second-order valence-corrected chi connectivity index (χ2v) is 10.2. The highest BCUT2D eigenvalue weighted by Crippen LogP contribution is 2.41. The monoisotopic (exact) mass is 461 g/mol. The van der Waals surface area contributed by atoms with Crippen LogP contribution in [0.4, 0.5) is 0 Å². The van der Waals surface area contributed by atoms with Crippen molar-refractivity contribution in [1.82, 2.24) is 4.98 Å². The number of hydrogen-bond acceptors (Lipinski definition) is 2. The van der Waals surface area contributed by atoms with Crippen molar-refractivity contribution in [2.75, 3.05) is 0 Å². The maximum Gasteiger partial charge on any atom is 0.0780 e. The largest absolute Gasteiger partial charge is 0.256 e. The van der Waals surface area contributed by atoms with E-state index in [0.717, 1.165) is 5.69 Å². The van der Waals surface area contributed by atoms with Crippen molar-refractivity contribution < 1.29 is 0 Å². The number of rotatable bonds is 1. The molecule has 0 N–H and O–H groups in total. The fourth-order valence-electron chi connectivity index (χ4n) is 5.64. The summed E-state index contributed by atoms with van der Waals surface area (Å²) >= 11 is 1.88. The smallest absolute Gasteiger partial charge is 0.0780 e. The van der Waals surface area contributed by atoms with Crippen molar-refractivity contribution in [3.8, 4) is 11.3 Å². The van der Waals surface area contributed by atoms with E-state index in [-0.39, 0.29) is 0 Å². The zero-order valence-corrected chi connectivity index (χ0v) is 19.6. The summed E-state index contributed by atoms with van der Waals surface area (Å²) in [6.45, 7) is 0. The van der Waals surface area contributed by atoms with Gasteiger partial charge in [0, 0.05) is 37.3 Å². The molecule has 0 saturated heterocycles. The van der Waals surface area contributed by atoms with E-state index in [9.17, 15) is 0 Å². The summed E-state index contributed by atoms with van der Waals surface area (Å²) in [7, 11) is 0. The minimum absolute atomic E-state index is 1.04. The summed E-state index contributed by atoms with van der Waals surface area (Å²) in [6.07, 6.45) is 1.95. The first-order valence-electron chi connectivity index (χ1n) is 11.9. The maximum atomic E-state index is 4.86. The molecule has 0 unspecified atom stereocenters. The Morgan fingerprint density at radius 3 is 1.97 bits per heavy atom. The predicted molar refractivity (Wildman–Crippen MR) is 153 cm³/mol. The van der Waals surface area contributed by atoms with Crippen molar-refractivity contribution in [2.24, 2.45) is 0 Å². The van der Waals surface area contributed by atoms with Gasteiger partial charge in [0.25, 0.3) is 0 Å². The van der Waals surface area contributed by atoms with E-state index in [4.69, 9.17) is 4.98 Å². The van der Waals surface area contributed by atoms with Gasteiger partial charge in [0.05, 0.1) is 5.69 Å². The molecule has 1 nitrogen and oxygen atoms in total. The molecule has 0 aliphatic rings. The van der Waals surface area contributed by atoms with Gasteiger partial charge in [-0.15, -0.1) is 11.3 Å². The number of nitrogens with zero attached hydrogens (tertiary/aromatic N) is 1. The van der Waals surface area contributed by atoms with Crippen molar-refractivity contribution >= 4 is 74.6 Å². The molecule has 0 aliphatic carbocycles. The molecule has 35 heavy (non-hydrogen) atoms. The standard InChI is InChI=1S/C33H19NS/c1-3-7-23-20(5-1)9-12-26-25(23)15-16-29-27(26)17-18-34-32(29)22-11-13-28-30-14-10-21-6-2-4-8-24(21)33(30)35-31(28)19-22/h1-19H. The van der Waals surface area contributed by atoms with Crippen LogP contribution in [0.25, 0.3) is 74.5 Å². The third kappa shape index (κ3) is 2.72. The molecule has 0 spiro atoms. The molecule has 0 radical (unpaired) electrons. The Morgan fingerprint density at radius 1 is 0.457 bits per heavy atom. The van der Waals surface area contributed by atoms with Crippen molar-refractivity contribution in [1.29, 1.82) is 0 Å². The lowest BCUT2D eigenvalue weighted by Crippen LogP contribution is -1.87. The molecule has 0 aliphatic heterocycles. The average molecular weight is 462 g/mol. The van der Waals surface area contributed by atoms with E-state index >= 15 is 0 Å². The Kier molecular flexibility index (Phi) is 3.88. The van der Waals surface area contributed by atoms with Gasteiger partial charge in [-0.2, -0.15) is 0 Å². The molecule has 162 valence electrons. The Labute approximate surface area is 205 Å². The quantitative estimate of drug-likeness (QED) is 0.222. The Hall–Kier alpha value is -4.27. The first-order valence-corrected chi connectivity index (χ1v) is 12.7. The fourth-order valence-corrected chi connectivity index (χ4v) is 6.91. The molecule has 8 aromatic rings. The second-order valence-electron chi connectivity index (χ2n) is 9.18. The second kappa shape index (κ2) is 7.11. The van der Waals surface area contributed by atoms with Gasteiger partial charge < -0.3 is 0 Å². The Balaban J connectivity index is 1.38. The van der Waals surface area contributed by atoms with Crippen LogP contribution < -0.4 is 0 Å². The third-order valence-corrected chi connectivity index (χ3v) is 8.51. The summed E-state index contributed by atoms with van der Waals surface area (Å²) in [5, 5.41) is 12.9. The maximum absolute atomic E-state index is 4.86. The number of hydrogen-bond donors (Lipinski definition) is 0. The molecule has 6 aromatic carbocycles. The van der Waals surface area contributed by atoms with Crippen LogP contribution >= 0.6 is 11.3 Å². The van der Waals surface area contributed by atoms with E-state index < -0.39 is 0 Å². The highest BCUT2D eigenvalue weighted by molar-refractivity contribution is 7.26. The van der Waals surface area contributed by atoms with Crippen LogP contribution in [0, 0.1) is 0 Å². The third-order valence-electron chi connectivity index (χ3n) is 7.30. The topological polar surface area (TPSA) is 12.9 Å². The normalized spacial score (nSPS) is 12.0. The van der Waals surface area contributed by atoms with Crippen LogP contribution in [-0.2, 0) is 0 Å². The van der Waals surface area contributed by atoms with Crippen LogP contribution in [0.2, 0.25) is 0 Å². The number of fused-ring (bicyclic) bond motifs is 10. The van der Waals surface area contributed by atoms with E-state index in [0.29, 0.717) is 0 Å². The van der Waals surface area contributed by atoms with Crippen LogP contribution in [-0.4, -0.2) is 4.98 Å². The molecule has 0 fully saturated rings.